The minimum Gasteiger partial charge on any atom is -0.439 e. The van der Waals surface area contributed by atoms with Gasteiger partial charge in [-0.25, -0.2) is 4.98 Å². The van der Waals surface area contributed by atoms with E-state index in [4.69, 9.17) is 9.84 Å². The standard InChI is InChI=1S/C13H10F3NO2/c14-13(15,16)9-4-6-11(7-5-9)19-12-3-1-2-10(8-18)17-12/h1-7,18H,8H2. The van der Waals surface area contributed by atoms with Crippen LogP contribution < -0.4 is 4.74 Å². The summed E-state index contributed by atoms with van der Waals surface area (Å²) in [5.74, 6) is 0.460. The molecule has 1 N–H and O–H groups in total. The molecule has 0 radical (unpaired) electrons. The highest BCUT2D eigenvalue weighted by atomic mass is 19.4. The molecule has 0 aliphatic carbocycles. The van der Waals surface area contributed by atoms with Gasteiger partial charge in [-0.3, -0.25) is 0 Å². The minimum absolute atomic E-state index is 0.214. The molecular formula is C13H10F3NO2. The molecule has 3 nitrogen and oxygen atoms in total. The van der Waals surface area contributed by atoms with Crippen LogP contribution in [0.25, 0.3) is 0 Å². The second-order valence-corrected chi connectivity index (χ2v) is 3.75. The fourth-order valence-electron chi connectivity index (χ4n) is 1.44. The van der Waals surface area contributed by atoms with Crippen molar-refractivity contribution in [2.75, 3.05) is 0 Å². The van der Waals surface area contributed by atoms with Crippen LogP contribution in [0.4, 0.5) is 13.2 Å². The van der Waals surface area contributed by atoms with Crippen LogP contribution in [0.5, 0.6) is 11.6 Å². The van der Waals surface area contributed by atoms with Crippen molar-refractivity contribution in [2.24, 2.45) is 0 Å². The zero-order valence-corrected chi connectivity index (χ0v) is 9.69. The smallest absolute Gasteiger partial charge is 0.416 e. The quantitative estimate of drug-likeness (QED) is 0.928. The predicted octanol–water partition coefficient (Wildman–Crippen LogP) is 3.39. The van der Waals surface area contributed by atoms with E-state index in [-0.39, 0.29) is 18.2 Å². The second kappa shape index (κ2) is 5.27. The summed E-state index contributed by atoms with van der Waals surface area (Å²) in [4.78, 5) is 3.96. The van der Waals surface area contributed by atoms with Gasteiger partial charge in [0.25, 0.3) is 0 Å². The number of alkyl halides is 3. The van der Waals surface area contributed by atoms with E-state index in [1.807, 2.05) is 0 Å². The van der Waals surface area contributed by atoms with E-state index in [1.165, 1.54) is 12.1 Å². The molecule has 0 amide bonds. The Morgan fingerprint density at radius 1 is 1.05 bits per heavy atom. The molecule has 19 heavy (non-hydrogen) atoms. The number of benzene rings is 1. The zero-order chi connectivity index (χ0) is 13.9. The molecular weight excluding hydrogens is 259 g/mol. The van der Waals surface area contributed by atoms with Crippen LogP contribution in [0.2, 0.25) is 0 Å². The number of rotatable bonds is 3. The van der Waals surface area contributed by atoms with Crippen molar-refractivity contribution in [1.82, 2.24) is 4.98 Å². The van der Waals surface area contributed by atoms with Crippen molar-refractivity contribution in [3.63, 3.8) is 0 Å². The minimum atomic E-state index is -4.37. The molecule has 100 valence electrons. The Bertz CT molecular complexity index is 553. The summed E-state index contributed by atoms with van der Waals surface area (Å²) in [6.45, 7) is -0.232. The number of nitrogens with zero attached hydrogens (tertiary/aromatic N) is 1. The Balaban J connectivity index is 2.15. The van der Waals surface area contributed by atoms with Crippen LogP contribution >= 0.6 is 0 Å². The van der Waals surface area contributed by atoms with Crippen molar-refractivity contribution in [3.8, 4) is 11.6 Å². The van der Waals surface area contributed by atoms with E-state index in [9.17, 15) is 13.2 Å². The van der Waals surface area contributed by atoms with E-state index < -0.39 is 11.7 Å². The molecule has 1 aromatic heterocycles. The summed E-state index contributed by atoms with van der Waals surface area (Å²) in [7, 11) is 0. The highest BCUT2D eigenvalue weighted by molar-refractivity contribution is 5.31. The zero-order valence-electron chi connectivity index (χ0n) is 9.69. The fraction of sp³-hybridized carbons (Fsp3) is 0.154. The number of ether oxygens (including phenoxy) is 1. The second-order valence-electron chi connectivity index (χ2n) is 3.75. The third kappa shape index (κ3) is 3.45. The molecule has 0 atom stereocenters. The molecule has 2 aromatic rings. The van der Waals surface area contributed by atoms with Crippen molar-refractivity contribution in [1.29, 1.82) is 0 Å². The lowest BCUT2D eigenvalue weighted by atomic mass is 10.2. The number of halogens is 3. The van der Waals surface area contributed by atoms with Gasteiger partial charge < -0.3 is 9.84 Å². The van der Waals surface area contributed by atoms with Gasteiger partial charge in [-0.2, -0.15) is 13.2 Å². The van der Waals surface area contributed by atoms with Crippen LogP contribution in [0, 0.1) is 0 Å². The molecule has 0 bridgehead atoms. The summed E-state index contributed by atoms with van der Waals surface area (Å²) in [5.41, 5.74) is -0.318. The molecule has 6 heteroatoms. The first-order valence-corrected chi connectivity index (χ1v) is 5.41. The van der Waals surface area contributed by atoms with Crippen molar-refractivity contribution in [2.45, 2.75) is 12.8 Å². The number of aliphatic hydroxyl groups is 1. The topological polar surface area (TPSA) is 42.4 Å². The van der Waals surface area contributed by atoms with Crippen LogP contribution in [-0.4, -0.2) is 10.1 Å². The molecule has 1 heterocycles. The maximum atomic E-state index is 12.4. The maximum Gasteiger partial charge on any atom is 0.416 e. The summed E-state index contributed by atoms with van der Waals surface area (Å²) in [5, 5.41) is 8.91. The van der Waals surface area contributed by atoms with Crippen LogP contribution in [0.1, 0.15) is 11.3 Å². The highest BCUT2D eigenvalue weighted by Gasteiger charge is 2.30. The average Bonchev–Trinajstić information content (AvgIpc) is 2.38. The Morgan fingerprint density at radius 2 is 1.74 bits per heavy atom. The molecule has 0 spiro atoms. The Morgan fingerprint density at radius 3 is 2.32 bits per heavy atom. The molecule has 0 unspecified atom stereocenters. The molecule has 0 saturated heterocycles. The fourth-order valence-corrected chi connectivity index (χ4v) is 1.44. The van der Waals surface area contributed by atoms with Gasteiger partial charge in [0.05, 0.1) is 17.9 Å². The molecule has 0 aliphatic heterocycles. The first-order chi connectivity index (χ1) is 8.99. The number of aliphatic hydroxyl groups excluding tert-OH is 1. The SMILES string of the molecule is OCc1cccc(Oc2ccc(C(F)(F)F)cc2)n1. The third-order valence-electron chi connectivity index (χ3n) is 2.35. The van der Waals surface area contributed by atoms with Gasteiger partial charge in [0.2, 0.25) is 5.88 Å². The van der Waals surface area contributed by atoms with E-state index in [0.717, 1.165) is 12.1 Å². The van der Waals surface area contributed by atoms with Gasteiger partial charge in [-0.1, -0.05) is 6.07 Å². The first-order valence-electron chi connectivity index (χ1n) is 5.41. The Hall–Kier alpha value is -2.08. The van der Waals surface area contributed by atoms with E-state index >= 15 is 0 Å². The molecule has 0 saturated carbocycles. The monoisotopic (exact) mass is 269 g/mol. The summed E-state index contributed by atoms with van der Waals surface area (Å²) in [6, 6.07) is 9.11. The van der Waals surface area contributed by atoms with Gasteiger partial charge in [0, 0.05) is 6.07 Å². The highest BCUT2D eigenvalue weighted by Crippen LogP contribution is 2.31. The normalized spacial score (nSPS) is 11.4. The van der Waals surface area contributed by atoms with E-state index in [1.54, 1.807) is 18.2 Å². The molecule has 1 aromatic carbocycles. The van der Waals surface area contributed by atoms with Crippen LogP contribution in [0.15, 0.2) is 42.5 Å². The maximum absolute atomic E-state index is 12.4. The predicted molar refractivity (Wildman–Crippen MR) is 61.7 cm³/mol. The lowest BCUT2D eigenvalue weighted by molar-refractivity contribution is -0.137. The van der Waals surface area contributed by atoms with Gasteiger partial charge >= 0.3 is 6.18 Å². The summed E-state index contributed by atoms with van der Waals surface area (Å²) >= 11 is 0. The summed E-state index contributed by atoms with van der Waals surface area (Å²) < 4.78 is 42.4. The number of aromatic nitrogens is 1. The van der Waals surface area contributed by atoms with Crippen LogP contribution in [-0.2, 0) is 12.8 Å². The Kier molecular flexibility index (Phi) is 3.71. The molecule has 0 fully saturated rings. The third-order valence-corrected chi connectivity index (χ3v) is 2.35. The van der Waals surface area contributed by atoms with Crippen LogP contribution in [0.3, 0.4) is 0 Å². The van der Waals surface area contributed by atoms with Gasteiger partial charge in [0.1, 0.15) is 5.75 Å². The van der Waals surface area contributed by atoms with Crippen molar-refractivity contribution < 1.29 is 23.0 Å². The van der Waals surface area contributed by atoms with Crippen molar-refractivity contribution >= 4 is 0 Å². The first kappa shape index (κ1) is 13.4. The van der Waals surface area contributed by atoms with Gasteiger partial charge in [-0.05, 0) is 30.3 Å². The van der Waals surface area contributed by atoms with Crippen molar-refractivity contribution in [3.05, 3.63) is 53.7 Å². The average molecular weight is 269 g/mol. The van der Waals surface area contributed by atoms with E-state index in [2.05, 4.69) is 4.98 Å². The number of hydrogen-bond acceptors (Lipinski definition) is 3. The number of pyridine rings is 1. The lowest BCUT2D eigenvalue weighted by Crippen LogP contribution is -2.04. The lowest BCUT2D eigenvalue weighted by Gasteiger charge is -2.08. The van der Waals surface area contributed by atoms with Gasteiger partial charge in [0.15, 0.2) is 0 Å². The van der Waals surface area contributed by atoms with E-state index in [0.29, 0.717) is 5.69 Å². The molecule has 0 aliphatic rings. The largest absolute Gasteiger partial charge is 0.439 e. The summed E-state index contributed by atoms with van der Waals surface area (Å²) in [6.07, 6.45) is -4.37. The van der Waals surface area contributed by atoms with Gasteiger partial charge in [-0.15, -0.1) is 0 Å². The Labute approximate surface area is 107 Å². The number of hydrogen-bond donors (Lipinski definition) is 1. The molecule has 2 rings (SSSR count).